The zero-order valence-electron chi connectivity index (χ0n) is 36.5. The highest BCUT2D eigenvalue weighted by Gasteiger charge is 2.77. The Hall–Kier alpha value is -6.30. The van der Waals surface area contributed by atoms with Crippen LogP contribution in [0.15, 0.2) is 60.7 Å². The van der Waals surface area contributed by atoms with Crippen LogP contribution in [-0.4, -0.2) is 63.5 Å². The first-order chi connectivity index (χ1) is 29.4. The summed E-state index contributed by atoms with van der Waals surface area (Å²) in [4.78, 5) is 56.0. The molecule has 4 aliphatic rings. The molecule has 0 unspecified atom stereocenters. The van der Waals surface area contributed by atoms with Crippen LogP contribution in [0.25, 0.3) is 53.9 Å². The third-order valence-corrected chi connectivity index (χ3v) is 16.2. The largest absolute Gasteiger partial charge is 0.496 e. The van der Waals surface area contributed by atoms with Crippen molar-refractivity contribution in [1.82, 2.24) is 0 Å². The van der Waals surface area contributed by atoms with Crippen molar-refractivity contribution in [3.05, 3.63) is 60.7 Å². The first kappa shape index (κ1) is 39.8. The Kier molecular flexibility index (Phi) is 8.12. The lowest BCUT2D eigenvalue weighted by Gasteiger charge is -2.34. The van der Waals surface area contributed by atoms with Crippen molar-refractivity contribution >= 4 is 77.7 Å². The van der Waals surface area contributed by atoms with E-state index in [9.17, 15) is 19.2 Å². The van der Waals surface area contributed by atoms with Gasteiger partial charge in [0.25, 0.3) is 0 Å². The van der Waals surface area contributed by atoms with Crippen LogP contribution in [0.5, 0.6) is 34.5 Å². The third kappa shape index (κ3) is 4.52. The summed E-state index contributed by atoms with van der Waals surface area (Å²) in [5.41, 5.74) is -6.40. The highest BCUT2D eigenvalue weighted by molar-refractivity contribution is 6.35. The van der Waals surface area contributed by atoms with Gasteiger partial charge in [0.05, 0.1) is 39.3 Å². The predicted octanol–water partition coefficient (Wildman–Crippen LogP) is 9.54. The number of benzene rings is 6. The van der Waals surface area contributed by atoms with Gasteiger partial charge in [-0.3, -0.25) is 9.59 Å². The van der Waals surface area contributed by atoms with Crippen LogP contribution < -0.4 is 28.4 Å². The second-order valence-electron chi connectivity index (χ2n) is 18.7. The summed E-state index contributed by atoms with van der Waals surface area (Å²) in [5.74, 6) is 0.304. The van der Waals surface area contributed by atoms with Gasteiger partial charge in [-0.25, -0.2) is 9.59 Å². The topological polar surface area (TPSA) is 142 Å². The van der Waals surface area contributed by atoms with Gasteiger partial charge in [0, 0.05) is 53.9 Å². The number of hydrogen-bond acceptors (Lipinski definition) is 12. The Morgan fingerprint density at radius 2 is 0.823 bits per heavy atom. The molecule has 2 heterocycles. The molecule has 0 radical (unpaired) electrons. The Labute approximate surface area is 357 Å². The summed E-state index contributed by atoms with van der Waals surface area (Å²) in [6, 6.07) is 18.4. The average molecular weight is 841 g/mol. The fraction of sp³-hybridized carbons (Fsp3) is 0.400. The van der Waals surface area contributed by atoms with Crippen molar-refractivity contribution < 1.29 is 57.1 Å². The van der Waals surface area contributed by atoms with Gasteiger partial charge < -0.3 is 37.9 Å². The van der Waals surface area contributed by atoms with Crippen LogP contribution in [0.4, 0.5) is 0 Å². The van der Waals surface area contributed by atoms with Crippen LogP contribution in [0.1, 0.15) is 67.2 Å². The first-order valence-corrected chi connectivity index (χ1v) is 20.9. The Morgan fingerprint density at radius 1 is 0.452 bits per heavy atom. The minimum atomic E-state index is -1.50. The van der Waals surface area contributed by atoms with Crippen molar-refractivity contribution in [2.45, 2.75) is 78.4 Å². The number of hydrogen-bond donors (Lipinski definition) is 0. The molecule has 2 aliphatic heterocycles. The summed E-state index contributed by atoms with van der Waals surface area (Å²) in [7, 11) is 6.30. The van der Waals surface area contributed by atoms with Crippen LogP contribution in [0.3, 0.4) is 0 Å². The molecule has 62 heavy (non-hydrogen) atoms. The maximum Gasteiger partial charge on any atom is 0.356 e. The molecule has 6 aromatic carbocycles. The van der Waals surface area contributed by atoms with Crippen LogP contribution in [0.2, 0.25) is 0 Å². The van der Waals surface area contributed by atoms with E-state index in [0.29, 0.717) is 97.2 Å². The molecule has 12 heteroatoms. The molecule has 2 saturated carbocycles. The Bertz CT molecular complexity index is 2860. The summed E-state index contributed by atoms with van der Waals surface area (Å²) in [6.45, 7) is 11.2. The van der Waals surface area contributed by atoms with E-state index in [1.807, 2.05) is 77.9 Å². The van der Waals surface area contributed by atoms with Gasteiger partial charge in [-0.15, -0.1) is 0 Å². The molecule has 0 N–H and O–H groups in total. The number of carbonyl (C=O) groups is 4. The number of esters is 4. The molecule has 4 bridgehead atoms. The van der Waals surface area contributed by atoms with E-state index in [1.54, 1.807) is 52.7 Å². The standard InChI is InChI=1S/C50H48O12/c1-45(2)47(5)19-21-49(45,61-41(47)51)43(53)59-32-17-15-30(55-7)28-23-34(57-9)26-13-11-25-12-14-27-35(58-10)24-29-31(56-8)16-18-33(38(29)40(27)36(25)39(26)37(28)32)60-44(54)50-22-20-48(6,42(52)62-50)46(50,3)4/h11-18,23-24H,19-22H2,1-10H3/t47-,48-,49+,50+/m0/s1. The van der Waals surface area contributed by atoms with Crippen molar-refractivity contribution in [3.63, 3.8) is 0 Å². The highest BCUT2D eigenvalue weighted by Crippen LogP contribution is 2.67. The zero-order chi connectivity index (χ0) is 44.1. The molecule has 0 amide bonds. The number of ether oxygens (including phenoxy) is 8. The SMILES string of the molecule is COc1ccc(OC(=O)[C@@]23CC[C@@](C)(C(=O)O2)C3(C)C)c2c1cc(OC)c1ccc3ccc4c(OC)cc5c(OC)ccc(OC(=O)[C@@]67CC[C@@](C)(C(=O)O6)C7(C)C)c5c4c3c12. The van der Waals surface area contributed by atoms with Gasteiger partial charge in [-0.1, -0.05) is 39.8 Å². The number of fused-ring (bicyclic) bond motifs is 13. The van der Waals surface area contributed by atoms with E-state index < -0.39 is 56.7 Å². The van der Waals surface area contributed by atoms with E-state index in [4.69, 9.17) is 37.9 Å². The van der Waals surface area contributed by atoms with E-state index in [-0.39, 0.29) is 11.5 Å². The molecule has 0 spiro atoms. The smallest absolute Gasteiger partial charge is 0.356 e. The number of methoxy groups -OCH3 is 4. The molecule has 4 atom stereocenters. The lowest BCUT2D eigenvalue weighted by Crippen LogP contribution is -2.50. The molecule has 4 fully saturated rings. The van der Waals surface area contributed by atoms with E-state index in [1.165, 1.54) is 0 Å². The quantitative estimate of drug-likeness (QED) is 0.0819. The molecule has 320 valence electrons. The Morgan fingerprint density at radius 3 is 1.15 bits per heavy atom. The minimum absolute atomic E-state index is 0.217. The number of carbonyl (C=O) groups excluding carboxylic acids is 4. The van der Waals surface area contributed by atoms with Gasteiger partial charge in [-0.2, -0.15) is 0 Å². The predicted molar refractivity (Wildman–Crippen MR) is 231 cm³/mol. The minimum Gasteiger partial charge on any atom is -0.496 e. The van der Waals surface area contributed by atoms with Crippen LogP contribution in [0, 0.1) is 21.7 Å². The average Bonchev–Trinajstić information content (AvgIpc) is 3.73. The number of rotatable bonds is 8. The zero-order valence-corrected chi connectivity index (χ0v) is 36.5. The monoisotopic (exact) mass is 840 g/mol. The van der Waals surface area contributed by atoms with Crippen molar-refractivity contribution in [2.75, 3.05) is 28.4 Å². The molecule has 6 aromatic rings. The lowest BCUT2D eigenvalue weighted by atomic mass is 9.66. The second-order valence-corrected chi connectivity index (χ2v) is 18.7. The molecule has 2 aliphatic carbocycles. The fourth-order valence-corrected chi connectivity index (χ4v) is 11.4. The fourth-order valence-electron chi connectivity index (χ4n) is 11.4. The van der Waals surface area contributed by atoms with Gasteiger partial charge in [0.15, 0.2) is 0 Å². The van der Waals surface area contributed by atoms with Gasteiger partial charge in [0.2, 0.25) is 11.2 Å². The van der Waals surface area contributed by atoms with E-state index in [0.717, 1.165) is 5.39 Å². The maximum absolute atomic E-state index is 14.7. The van der Waals surface area contributed by atoms with Gasteiger partial charge in [0.1, 0.15) is 34.5 Å². The molecular weight excluding hydrogens is 793 g/mol. The van der Waals surface area contributed by atoms with Crippen LogP contribution >= 0.6 is 0 Å². The van der Waals surface area contributed by atoms with Crippen LogP contribution in [-0.2, 0) is 28.7 Å². The highest BCUT2D eigenvalue weighted by atomic mass is 16.6. The summed E-state index contributed by atoms with van der Waals surface area (Å²) in [5, 5.41) is 6.40. The Balaban J connectivity index is 1.31. The van der Waals surface area contributed by atoms with Crippen molar-refractivity contribution in [2.24, 2.45) is 21.7 Å². The summed E-state index contributed by atoms with van der Waals surface area (Å²) in [6.07, 6.45) is 1.62. The maximum atomic E-state index is 14.7. The molecule has 10 rings (SSSR count). The first-order valence-electron chi connectivity index (χ1n) is 20.9. The van der Waals surface area contributed by atoms with Crippen molar-refractivity contribution in [1.29, 1.82) is 0 Å². The van der Waals surface area contributed by atoms with Gasteiger partial charge in [-0.05, 0) is 98.8 Å². The normalized spacial score (nSPS) is 26.6. The van der Waals surface area contributed by atoms with Crippen molar-refractivity contribution in [3.8, 4) is 34.5 Å². The molecule has 0 aromatic heterocycles. The van der Waals surface area contributed by atoms with E-state index >= 15 is 0 Å². The third-order valence-electron chi connectivity index (χ3n) is 16.2. The summed E-state index contributed by atoms with van der Waals surface area (Å²) >= 11 is 0. The molecular formula is C50H48O12. The van der Waals surface area contributed by atoms with E-state index in [2.05, 4.69) is 0 Å². The van der Waals surface area contributed by atoms with Gasteiger partial charge >= 0.3 is 23.9 Å². The molecule has 12 nitrogen and oxygen atoms in total. The molecule has 2 saturated heterocycles. The summed E-state index contributed by atoms with van der Waals surface area (Å²) < 4.78 is 49.0. The lowest BCUT2D eigenvalue weighted by molar-refractivity contribution is -0.176. The second kappa shape index (κ2) is 12.6.